The van der Waals surface area contributed by atoms with Crippen LogP contribution in [-0.2, 0) is 9.84 Å². The van der Waals surface area contributed by atoms with Gasteiger partial charge in [-0.15, -0.1) is 0 Å². The highest BCUT2D eigenvalue weighted by atomic mass is 32.2. The maximum Gasteiger partial charge on any atom is 0.179 e. The zero-order chi connectivity index (χ0) is 12.3. The van der Waals surface area contributed by atoms with E-state index in [1.807, 2.05) is 19.0 Å². The molecule has 1 aromatic carbocycles. The number of benzene rings is 1. The van der Waals surface area contributed by atoms with Crippen molar-refractivity contribution in [3.8, 4) is 0 Å². The number of nitrogens with zero attached hydrogens (tertiary/aromatic N) is 1. The molecule has 4 nitrogen and oxygen atoms in total. The normalized spacial score (nSPS) is 12.0. The van der Waals surface area contributed by atoms with Crippen LogP contribution in [0.25, 0.3) is 0 Å². The molecule has 0 atom stereocenters. The maximum atomic E-state index is 11.9. The van der Waals surface area contributed by atoms with Gasteiger partial charge in [-0.05, 0) is 38.7 Å². The third-order valence-electron chi connectivity index (χ3n) is 2.28. The molecule has 0 aliphatic rings. The van der Waals surface area contributed by atoms with Gasteiger partial charge in [-0.3, -0.25) is 0 Å². The SMILES string of the molecule is [CH2]c1ccc(S(=O)(=O)CCN(C)C)cc1N. The fourth-order valence-electron chi connectivity index (χ4n) is 1.19. The van der Waals surface area contributed by atoms with Crippen molar-refractivity contribution in [1.82, 2.24) is 4.90 Å². The van der Waals surface area contributed by atoms with Crippen molar-refractivity contribution in [1.29, 1.82) is 0 Å². The van der Waals surface area contributed by atoms with E-state index >= 15 is 0 Å². The van der Waals surface area contributed by atoms with Crippen LogP contribution in [0.3, 0.4) is 0 Å². The van der Waals surface area contributed by atoms with Gasteiger partial charge in [0, 0.05) is 12.2 Å². The predicted molar refractivity (Wildman–Crippen MR) is 65.9 cm³/mol. The van der Waals surface area contributed by atoms with Gasteiger partial charge in [-0.2, -0.15) is 0 Å². The minimum absolute atomic E-state index is 0.0932. The first-order chi connectivity index (χ1) is 7.33. The molecule has 1 aromatic rings. The Morgan fingerprint density at radius 2 is 2.00 bits per heavy atom. The van der Waals surface area contributed by atoms with Crippen LogP contribution in [0.4, 0.5) is 5.69 Å². The molecule has 0 heterocycles. The zero-order valence-corrected chi connectivity index (χ0v) is 10.4. The molecule has 2 N–H and O–H groups in total. The first-order valence-electron chi connectivity index (χ1n) is 4.92. The van der Waals surface area contributed by atoms with Crippen molar-refractivity contribution in [2.45, 2.75) is 4.90 Å². The van der Waals surface area contributed by atoms with Crippen molar-refractivity contribution in [3.63, 3.8) is 0 Å². The molecule has 0 bridgehead atoms. The number of sulfone groups is 1. The summed E-state index contributed by atoms with van der Waals surface area (Å²) in [4.78, 5) is 2.09. The molecule has 89 valence electrons. The van der Waals surface area contributed by atoms with Crippen LogP contribution in [0.1, 0.15) is 5.56 Å². The topological polar surface area (TPSA) is 63.4 Å². The highest BCUT2D eigenvalue weighted by Gasteiger charge is 2.15. The Hall–Kier alpha value is -1.07. The number of nitrogens with two attached hydrogens (primary N) is 1. The summed E-state index contributed by atoms with van der Waals surface area (Å²) >= 11 is 0. The van der Waals surface area contributed by atoms with Gasteiger partial charge in [0.1, 0.15) is 0 Å². The number of anilines is 1. The second-order valence-electron chi connectivity index (χ2n) is 3.98. The van der Waals surface area contributed by atoms with Crippen LogP contribution < -0.4 is 5.73 Å². The van der Waals surface area contributed by atoms with E-state index < -0.39 is 9.84 Å². The van der Waals surface area contributed by atoms with E-state index in [-0.39, 0.29) is 10.6 Å². The number of rotatable bonds is 4. The molecule has 0 spiro atoms. The van der Waals surface area contributed by atoms with Gasteiger partial charge in [0.15, 0.2) is 9.84 Å². The molecule has 0 amide bonds. The quantitative estimate of drug-likeness (QED) is 0.791. The van der Waals surface area contributed by atoms with Gasteiger partial charge in [-0.25, -0.2) is 8.42 Å². The van der Waals surface area contributed by atoms with Gasteiger partial charge in [0.2, 0.25) is 0 Å². The third-order valence-corrected chi connectivity index (χ3v) is 3.98. The first-order valence-corrected chi connectivity index (χ1v) is 6.57. The molecular weight excluding hydrogens is 224 g/mol. The van der Waals surface area contributed by atoms with E-state index in [0.29, 0.717) is 17.8 Å². The smallest absolute Gasteiger partial charge is 0.179 e. The molecule has 0 aromatic heterocycles. The molecule has 16 heavy (non-hydrogen) atoms. The van der Waals surface area contributed by atoms with E-state index in [1.165, 1.54) is 6.07 Å². The fourth-order valence-corrected chi connectivity index (χ4v) is 2.61. The van der Waals surface area contributed by atoms with Crippen molar-refractivity contribution in [2.24, 2.45) is 0 Å². The summed E-state index contributed by atoms with van der Waals surface area (Å²) in [5.74, 6) is 0.0932. The highest BCUT2D eigenvalue weighted by Crippen LogP contribution is 2.18. The van der Waals surface area contributed by atoms with Gasteiger partial charge in [0.05, 0.1) is 10.6 Å². The third kappa shape index (κ3) is 3.21. The summed E-state index contributed by atoms with van der Waals surface area (Å²) in [7, 11) is 0.428. The summed E-state index contributed by atoms with van der Waals surface area (Å²) in [6, 6.07) is 4.63. The molecule has 0 fully saturated rings. The summed E-state index contributed by atoms with van der Waals surface area (Å²) < 4.78 is 23.8. The lowest BCUT2D eigenvalue weighted by atomic mass is 10.2. The van der Waals surface area contributed by atoms with E-state index in [1.54, 1.807) is 12.1 Å². The average Bonchev–Trinajstić information content (AvgIpc) is 2.19. The Balaban J connectivity index is 2.94. The Labute approximate surface area is 97.0 Å². The number of hydrogen-bond acceptors (Lipinski definition) is 4. The first kappa shape index (κ1) is 13.0. The second-order valence-corrected chi connectivity index (χ2v) is 6.09. The van der Waals surface area contributed by atoms with E-state index in [9.17, 15) is 8.42 Å². The molecule has 0 saturated heterocycles. The monoisotopic (exact) mass is 241 g/mol. The summed E-state index contributed by atoms with van der Waals surface area (Å²) in [6.07, 6.45) is 0. The summed E-state index contributed by atoms with van der Waals surface area (Å²) in [5, 5.41) is 0. The van der Waals surface area contributed by atoms with Crippen molar-refractivity contribution >= 4 is 15.5 Å². The minimum atomic E-state index is -3.24. The molecule has 1 radical (unpaired) electrons. The fraction of sp³-hybridized carbons (Fsp3) is 0.364. The van der Waals surface area contributed by atoms with Crippen LogP contribution in [0.15, 0.2) is 23.1 Å². The molecule has 0 aliphatic heterocycles. The molecule has 5 heteroatoms. The minimum Gasteiger partial charge on any atom is -0.398 e. The second kappa shape index (κ2) is 4.84. The standard InChI is InChI=1S/C11H17N2O2S/c1-9-4-5-10(8-11(9)12)16(14,15)7-6-13(2)3/h4-5,8H,1,6-7,12H2,2-3H3. The lowest BCUT2D eigenvalue weighted by Crippen LogP contribution is -2.22. The molecule has 0 saturated carbocycles. The maximum absolute atomic E-state index is 11.9. The molecule has 1 rings (SSSR count). The summed E-state index contributed by atoms with van der Waals surface area (Å²) in [6.45, 7) is 4.18. The van der Waals surface area contributed by atoms with Gasteiger partial charge >= 0.3 is 0 Å². The van der Waals surface area contributed by atoms with Crippen LogP contribution in [0.2, 0.25) is 0 Å². The van der Waals surface area contributed by atoms with Crippen LogP contribution >= 0.6 is 0 Å². The number of nitrogen functional groups attached to an aromatic ring is 1. The largest absolute Gasteiger partial charge is 0.398 e. The van der Waals surface area contributed by atoms with Crippen LogP contribution in [-0.4, -0.2) is 39.7 Å². The highest BCUT2D eigenvalue weighted by molar-refractivity contribution is 7.91. The van der Waals surface area contributed by atoms with Crippen LogP contribution in [0, 0.1) is 6.92 Å². The predicted octanol–water partition coefficient (Wildman–Crippen LogP) is 0.786. The van der Waals surface area contributed by atoms with Crippen LogP contribution in [0.5, 0.6) is 0 Å². The van der Waals surface area contributed by atoms with Crippen molar-refractivity contribution in [3.05, 3.63) is 30.7 Å². The van der Waals surface area contributed by atoms with E-state index in [2.05, 4.69) is 6.92 Å². The lowest BCUT2D eigenvalue weighted by molar-refractivity contribution is 0.432. The lowest BCUT2D eigenvalue weighted by Gasteiger charge is -2.10. The van der Waals surface area contributed by atoms with E-state index in [4.69, 9.17) is 5.73 Å². The van der Waals surface area contributed by atoms with Gasteiger partial charge < -0.3 is 10.6 Å². The van der Waals surface area contributed by atoms with Crippen molar-refractivity contribution in [2.75, 3.05) is 32.1 Å². The summed E-state index contributed by atoms with van der Waals surface area (Å²) in [5.41, 5.74) is 6.69. The van der Waals surface area contributed by atoms with Gasteiger partial charge in [0.25, 0.3) is 0 Å². The Morgan fingerprint density at radius 1 is 1.38 bits per heavy atom. The van der Waals surface area contributed by atoms with Crippen molar-refractivity contribution < 1.29 is 8.42 Å². The Bertz CT molecular complexity index is 467. The Morgan fingerprint density at radius 3 is 2.50 bits per heavy atom. The molecule has 0 unspecified atom stereocenters. The average molecular weight is 241 g/mol. The number of hydrogen-bond donors (Lipinski definition) is 1. The molecule has 0 aliphatic carbocycles. The van der Waals surface area contributed by atoms with E-state index in [0.717, 1.165) is 0 Å². The molecular formula is C11H17N2O2S. The zero-order valence-electron chi connectivity index (χ0n) is 9.60. The Kier molecular flexibility index (Phi) is 3.93. The van der Waals surface area contributed by atoms with Gasteiger partial charge in [-0.1, -0.05) is 6.07 Å².